The molecule has 2 aliphatic rings. The second kappa shape index (κ2) is 35.3. The van der Waals surface area contributed by atoms with Crippen molar-refractivity contribution in [1.29, 1.82) is 0 Å². The predicted octanol–water partition coefficient (Wildman–Crippen LogP) is 10.1. The van der Waals surface area contributed by atoms with E-state index >= 15 is 0 Å². The van der Waals surface area contributed by atoms with Gasteiger partial charge in [0.15, 0.2) is 0 Å². The van der Waals surface area contributed by atoms with Crippen molar-refractivity contribution < 1.29 is 75.7 Å². The smallest absolute Gasteiger partial charge is 0.408 e. The maximum Gasteiger partial charge on any atom is 0.408 e. The predicted molar refractivity (Wildman–Crippen MR) is 372 cm³/mol. The van der Waals surface area contributed by atoms with Crippen LogP contribution in [0.1, 0.15) is 145 Å². The van der Waals surface area contributed by atoms with E-state index in [1.807, 2.05) is 36.4 Å². The minimum Gasteiger partial charge on any atom is -0.467 e. The topological polar surface area (TPSA) is 286 Å². The zero-order valence-corrected chi connectivity index (χ0v) is 56.4. The number of halogens is 2. The second-order valence-electron chi connectivity index (χ2n) is 24.8. The van der Waals surface area contributed by atoms with Gasteiger partial charge in [-0.2, -0.15) is 0 Å². The van der Waals surface area contributed by atoms with Gasteiger partial charge in [-0.1, -0.05) is 97.1 Å². The SMILES string of the molecule is COC(=O)[C@H](CCCCNC(=O)c1cc2c(cc1C(=O)NCCc1ccc(F)cc1)CN(C(=O)c1ccc3cc(C(=O)N4Cc5cc(C(=O)NCCCC[C@H](NC(=O)OCc6ccccc6)C(=O)OC)c(C(=O)NCCc6ccc(F)cc6)cc5C4)ccc3c1)C2)NC(=O)OCc1ccccc1. The average Bonchev–Trinajstić information content (AvgIpc) is 1.60. The highest BCUT2D eigenvalue weighted by atomic mass is 19.1. The third-order valence-corrected chi connectivity index (χ3v) is 17.6. The van der Waals surface area contributed by atoms with Crippen LogP contribution in [0.4, 0.5) is 18.4 Å². The van der Waals surface area contributed by atoms with Crippen LogP contribution in [-0.4, -0.2) is 122 Å². The van der Waals surface area contributed by atoms with Gasteiger partial charge in [0.25, 0.3) is 35.4 Å². The van der Waals surface area contributed by atoms with Gasteiger partial charge >= 0.3 is 24.1 Å². The molecule has 10 rings (SSSR count). The monoisotopic (exact) mass is 1390 g/mol. The number of benzene rings is 8. The minimum atomic E-state index is -1.01. The molecule has 0 fully saturated rings. The Hall–Kier alpha value is -11.8. The molecule has 8 aromatic rings. The van der Waals surface area contributed by atoms with E-state index in [4.69, 9.17) is 18.9 Å². The number of nitrogens with one attached hydrogen (secondary N) is 6. The standard InChI is InChI=1S/C78H78F2N8O14/c1-99-75(95)67(85-77(97)101-47-51-13-5-3-6-14-51)17-9-11-33-81-69(89)63-39-57-43-87(45-59(57)41-65(63)71(91)83-35-31-49-19-27-61(79)28-20-49)73(93)55-25-23-54-38-56(26-24-53(54)37-55)74(94)88-44-58-40-64(66(42-60(58)46-88)72(92)84-36-32-50-21-29-62(80)30-22-50)70(90)82-34-12-10-18-68(76(96)100-2)86-78(98)102-48-52-15-7-4-8-16-52/h3-8,13-16,19-30,37-42,67-68H,9-12,17-18,31-36,43-48H2,1-2H3,(H,81,89)(H,82,90)(H,83,91)(H,84,92)(H,85,97)(H,86,98)/t67-,68-/m0/s1. The number of hydrogen-bond donors (Lipinski definition) is 6. The van der Waals surface area contributed by atoms with Crippen molar-refractivity contribution in [1.82, 2.24) is 41.7 Å². The number of alkyl carbamates (subject to hydrolysis) is 2. The lowest BCUT2D eigenvalue weighted by molar-refractivity contribution is -0.144. The molecule has 102 heavy (non-hydrogen) atoms. The first-order valence-corrected chi connectivity index (χ1v) is 33.6. The first-order chi connectivity index (χ1) is 49.4. The molecule has 0 saturated heterocycles. The number of nitrogens with zero attached hydrogens (tertiary/aromatic N) is 2. The molecule has 0 aromatic heterocycles. The zero-order valence-electron chi connectivity index (χ0n) is 56.4. The summed E-state index contributed by atoms with van der Waals surface area (Å²) >= 11 is 0. The Morgan fingerprint density at radius 3 is 1.06 bits per heavy atom. The van der Waals surface area contributed by atoms with E-state index in [1.165, 1.54) is 38.5 Å². The fourth-order valence-corrected chi connectivity index (χ4v) is 12.1. The van der Waals surface area contributed by atoms with Crippen LogP contribution in [0.25, 0.3) is 10.8 Å². The van der Waals surface area contributed by atoms with E-state index in [-0.39, 0.29) is 112 Å². The highest BCUT2D eigenvalue weighted by Crippen LogP contribution is 2.32. The van der Waals surface area contributed by atoms with Gasteiger partial charge in [-0.25, -0.2) is 28.0 Å². The number of esters is 2. The normalized spacial score (nSPS) is 12.6. The molecule has 0 saturated carbocycles. The van der Waals surface area contributed by atoms with Gasteiger partial charge in [0.2, 0.25) is 0 Å². The number of hydrogen-bond acceptors (Lipinski definition) is 14. The van der Waals surface area contributed by atoms with Gasteiger partial charge in [-0.3, -0.25) is 28.8 Å². The van der Waals surface area contributed by atoms with Crippen LogP contribution in [0.2, 0.25) is 0 Å². The van der Waals surface area contributed by atoms with Crippen LogP contribution in [0, 0.1) is 11.6 Å². The summed E-state index contributed by atoms with van der Waals surface area (Å²) in [4.78, 5) is 139. The Balaban J connectivity index is 0.771. The first-order valence-electron chi connectivity index (χ1n) is 33.6. The van der Waals surface area contributed by atoms with Gasteiger partial charge in [0.05, 0.1) is 36.5 Å². The van der Waals surface area contributed by atoms with Crippen LogP contribution < -0.4 is 31.9 Å². The van der Waals surface area contributed by atoms with Crippen molar-refractivity contribution in [3.05, 3.63) is 259 Å². The summed E-state index contributed by atoms with van der Waals surface area (Å²) in [6.45, 7) is 1.11. The summed E-state index contributed by atoms with van der Waals surface area (Å²) in [6, 6.07) is 44.6. The number of rotatable bonds is 30. The number of amides is 8. The summed E-state index contributed by atoms with van der Waals surface area (Å²) in [7, 11) is 2.42. The largest absolute Gasteiger partial charge is 0.467 e. The van der Waals surface area contributed by atoms with Gasteiger partial charge in [-0.05, 0) is 179 Å². The Bertz CT molecular complexity index is 4110. The Labute approximate surface area is 587 Å². The molecule has 24 heteroatoms. The molecule has 2 atom stereocenters. The van der Waals surface area contributed by atoms with E-state index in [2.05, 4.69) is 31.9 Å². The highest BCUT2D eigenvalue weighted by molar-refractivity contribution is 6.09. The Morgan fingerprint density at radius 2 is 0.725 bits per heavy atom. The molecule has 0 radical (unpaired) electrons. The highest BCUT2D eigenvalue weighted by Gasteiger charge is 2.32. The summed E-state index contributed by atoms with van der Waals surface area (Å²) in [5.74, 6) is -4.93. The number of carbonyl (C=O) groups is 10. The quantitative estimate of drug-likeness (QED) is 0.0139. The molecule has 0 unspecified atom stereocenters. The fraction of sp³-hybridized carbons (Fsp3) is 0.282. The molecule has 2 aliphatic heterocycles. The molecular weight excluding hydrogens is 1310 g/mol. The zero-order chi connectivity index (χ0) is 72.1. The number of methoxy groups -OCH3 is 2. The van der Waals surface area contributed by atoms with Crippen molar-refractivity contribution in [3.63, 3.8) is 0 Å². The molecule has 2 heterocycles. The van der Waals surface area contributed by atoms with Crippen molar-refractivity contribution >= 4 is 70.3 Å². The van der Waals surface area contributed by atoms with Crippen LogP contribution in [0.5, 0.6) is 0 Å². The van der Waals surface area contributed by atoms with Gasteiger partial charge in [-0.15, -0.1) is 0 Å². The summed E-state index contributed by atoms with van der Waals surface area (Å²) in [5.41, 5.74) is 6.74. The number of carbonyl (C=O) groups excluding carboxylic acids is 10. The number of fused-ring (bicyclic) bond motifs is 3. The third-order valence-electron chi connectivity index (χ3n) is 17.6. The first kappa shape index (κ1) is 72.9. The molecule has 0 bridgehead atoms. The molecule has 6 N–H and O–H groups in total. The minimum absolute atomic E-state index is 0.000409. The maximum absolute atomic E-state index is 14.4. The van der Waals surface area contributed by atoms with Crippen molar-refractivity contribution in [2.45, 2.75) is 103 Å². The summed E-state index contributed by atoms with van der Waals surface area (Å²) < 4.78 is 47.7. The second-order valence-corrected chi connectivity index (χ2v) is 24.8. The lowest BCUT2D eigenvalue weighted by Crippen LogP contribution is -2.41. The molecule has 528 valence electrons. The average molecular weight is 1390 g/mol. The molecule has 0 aliphatic carbocycles. The molecular formula is C78H78F2N8O14. The number of ether oxygens (including phenoxy) is 4. The molecule has 8 aromatic carbocycles. The van der Waals surface area contributed by atoms with E-state index in [9.17, 15) is 56.7 Å². The third kappa shape index (κ3) is 19.8. The van der Waals surface area contributed by atoms with E-state index in [1.54, 1.807) is 119 Å². The molecule has 22 nitrogen and oxygen atoms in total. The molecule has 8 amide bonds. The van der Waals surface area contributed by atoms with Crippen molar-refractivity contribution in [3.8, 4) is 0 Å². The van der Waals surface area contributed by atoms with E-state index < -0.39 is 71.5 Å². The molecule has 0 spiro atoms. The van der Waals surface area contributed by atoms with E-state index in [0.717, 1.165) is 22.3 Å². The van der Waals surface area contributed by atoms with Gasteiger partial charge in [0.1, 0.15) is 36.9 Å². The Kier molecular flexibility index (Phi) is 25.2. The van der Waals surface area contributed by atoms with Crippen molar-refractivity contribution in [2.75, 3.05) is 40.4 Å². The van der Waals surface area contributed by atoms with Crippen LogP contribution in [0.15, 0.2) is 170 Å². The van der Waals surface area contributed by atoms with E-state index in [0.29, 0.717) is 82.7 Å². The van der Waals surface area contributed by atoms with Crippen LogP contribution >= 0.6 is 0 Å². The summed E-state index contributed by atoms with van der Waals surface area (Å²) in [6.07, 6.45) is 1.06. The lowest BCUT2D eigenvalue weighted by atomic mass is 9.98. The Morgan fingerprint density at radius 1 is 0.392 bits per heavy atom. The van der Waals surface area contributed by atoms with Crippen molar-refractivity contribution in [2.24, 2.45) is 0 Å². The van der Waals surface area contributed by atoms with Crippen LogP contribution in [0.3, 0.4) is 0 Å². The number of unbranched alkanes of at least 4 members (excludes halogenated alkanes) is 2. The van der Waals surface area contributed by atoms with Gasteiger partial charge < -0.3 is 60.6 Å². The summed E-state index contributed by atoms with van der Waals surface area (Å²) in [5, 5.41) is 18.0. The fourth-order valence-electron chi connectivity index (χ4n) is 12.1. The lowest BCUT2D eigenvalue weighted by Gasteiger charge is -2.17. The van der Waals surface area contributed by atoms with Gasteiger partial charge in [0, 0.05) is 63.5 Å². The van der Waals surface area contributed by atoms with Crippen LogP contribution in [-0.2, 0) is 80.8 Å². The maximum atomic E-state index is 14.4.